The molecule has 2 aromatic rings. The molecule has 0 aromatic carbocycles. The van der Waals surface area contributed by atoms with E-state index in [-0.39, 0.29) is 17.7 Å². The quantitative estimate of drug-likeness (QED) is 0.704. The van der Waals surface area contributed by atoms with Gasteiger partial charge in [-0.2, -0.15) is 5.10 Å². The Morgan fingerprint density at radius 2 is 1.96 bits per heavy atom. The molecule has 150 valence electrons. The van der Waals surface area contributed by atoms with Gasteiger partial charge in [0.15, 0.2) is 5.69 Å². The molecule has 0 aliphatic carbocycles. The van der Waals surface area contributed by atoms with Gasteiger partial charge in [-0.15, -0.1) is 0 Å². The summed E-state index contributed by atoms with van der Waals surface area (Å²) in [5.41, 5.74) is 2.13. The highest BCUT2D eigenvalue weighted by Crippen LogP contribution is 2.21. The zero-order valence-corrected chi connectivity index (χ0v) is 16.5. The molecule has 0 radical (unpaired) electrons. The number of nitrogens with zero attached hydrogens (tertiary/aromatic N) is 4. The summed E-state index contributed by atoms with van der Waals surface area (Å²) < 4.78 is 0. The lowest BCUT2D eigenvalue weighted by Crippen LogP contribution is -2.43. The molecular formula is C20H28N6O2. The molecule has 28 heavy (non-hydrogen) atoms. The first-order valence-electron chi connectivity index (χ1n) is 9.72. The summed E-state index contributed by atoms with van der Waals surface area (Å²) in [6.45, 7) is 2.80. The van der Waals surface area contributed by atoms with Crippen LogP contribution in [0.4, 0.5) is 0 Å². The highest BCUT2D eigenvalue weighted by atomic mass is 16.2. The Morgan fingerprint density at radius 1 is 1.25 bits per heavy atom. The molecule has 0 bridgehead atoms. The van der Waals surface area contributed by atoms with Crippen molar-refractivity contribution in [1.29, 1.82) is 0 Å². The van der Waals surface area contributed by atoms with Gasteiger partial charge in [0.2, 0.25) is 5.91 Å². The zero-order valence-electron chi connectivity index (χ0n) is 16.5. The SMILES string of the molecule is CN(C)CCCNC(=O)C1CCN(C(=O)c2cc(-c3ccncc3)[nH]n2)CC1. The van der Waals surface area contributed by atoms with E-state index in [1.165, 1.54) is 0 Å². The fourth-order valence-electron chi connectivity index (χ4n) is 3.37. The molecule has 1 saturated heterocycles. The number of H-pyrrole nitrogens is 1. The van der Waals surface area contributed by atoms with Gasteiger partial charge in [-0.25, -0.2) is 0 Å². The Balaban J connectivity index is 1.48. The summed E-state index contributed by atoms with van der Waals surface area (Å²) in [4.78, 5) is 32.9. The van der Waals surface area contributed by atoms with Crippen LogP contribution in [0, 0.1) is 5.92 Å². The number of rotatable bonds is 7. The summed E-state index contributed by atoms with van der Waals surface area (Å²) >= 11 is 0. The Bertz CT molecular complexity index is 781. The first kappa shape index (κ1) is 20.0. The number of nitrogens with one attached hydrogen (secondary N) is 2. The van der Waals surface area contributed by atoms with Gasteiger partial charge in [0.1, 0.15) is 0 Å². The third-order valence-corrected chi connectivity index (χ3v) is 5.02. The average Bonchev–Trinajstić information content (AvgIpc) is 3.21. The van der Waals surface area contributed by atoms with E-state index in [1.807, 2.05) is 26.2 Å². The number of aromatic nitrogens is 3. The lowest BCUT2D eigenvalue weighted by molar-refractivity contribution is -0.126. The minimum Gasteiger partial charge on any atom is -0.356 e. The normalized spacial score (nSPS) is 15.0. The third-order valence-electron chi connectivity index (χ3n) is 5.02. The summed E-state index contributed by atoms with van der Waals surface area (Å²) in [5, 5.41) is 10.1. The van der Waals surface area contributed by atoms with Crippen LogP contribution in [0.25, 0.3) is 11.3 Å². The number of hydrogen-bond acceptors (Lipinski definition) is 5. The van der Waals surface area contributed by atoms with E-state index in [4.69, 9.17) is 0 Å². The fraction of sp³-hybridized carbons (Fsp3) is 0.500. The first-order chi connectivity index (χ1) is 13.5. The predicted octanol–water partition coefficient (Wildman–Crippen LogP) is 1.39. The summed E-state index contributed by atoms with van der Waals surface area (Å²) in [6, 6.07) is 5.50. The van der Waals surface area contributed by atoms with Crippen molar-refractivity contribution in [3.05, 3.63) is 36.3 Å². The number of pyridine rings is 1. The molecule has 2 N–H and O–H groups in total. The molecule has 2 amide bonds. The highest BCUT2D eigenvalue weighted by molar-refractivity contribution is 5.93. The second kappa shape index (κ2) is 9.45. The molecule has 0 atom stereocenters. The predicted molar refractivity (Wildman–Crippen MR) is 107 cm³/mol. The molecule has 1 aliphatic rings. The largest absolute Gasteiger partial charge is 0.356 e. The number of amides is 2. The summed E-state index contributed by atoms with van der Waals surface area (Å²) in [7, 11) is 4.04. The third kappa shape index (κ3) is 5.16. The van der Waals surface area contributed by atoms with Crippen LogP contribution in [0.15, 0.2) is 30.6 Å². The molecule has 2 aromatic heterocycles. The number of carbonyl (C=O) groups is 2. The standard InChI is InChI=1S/C20H28N6O2/c1-25(2)11-3-8-22-19(27)16-6-12-26(13-7-16)20(28)18-14-17(23-24-18)15-4-9-21-10-5-15/h4-5,9-10,14,16H,3,6-8,11-13H2,1-2H3,(H,22,27)(H,23,24). The Morgan fingerprint density at radius 3 is 2.64 bits per heavy atom. The van der Waals surface area contributed by atoms with Gasteiger partial charge >= 0.3 is 0 Å². The lowest BCUT2D eigenvalue weighted by atomic mass is 9.95. The number of likely N-dealkylation sites (tertiary alicyclic amines) is 1. The molecule has 3 rings (SSSR count). The van der Waals surface area contributed by atoms with Crippen molar-refractivity contribution in [3.63, 3.8) is 0 Å². The van der Waals surface area contributed by atoms with Crippen LogP contribution >= 0.6 is 0 Å². The maximum absolute atomic E-state index is 12.7. The molecule has 0 spiro atoms. The van der Waals surface area contributed by atoms with Gasteiger partial charge in [-0.05, 0) is 58.1 Å². The maximum Gasteiger partial charge on any atom is 0.274 e. The van der Waals surface area contributed by atoms with Crippen LogP contribution < -0.4 is 5.32 Å². The second-order valence-electron chi connectivity index (χ2n) is 7.42. The van der Waals surface area contributed by atoms with Crippen molar-refractivity contribution in [1.82, 2.24) is 30.3 Å². The van der Waals surface area contributed by atoms with E-state index in [0.717, 1.165) is 24.2 Å². The highest BCUT2D eigenvalue weighted by Gasteiger charge is 2.28. The Labute approximate surface area is 165 Å². The van der Waals surface area contributed by atoms with Crippen LogP contribution in [-0.2, 0) is 4.79 Å². The van der Waals surface area contributed by atoms with Crippen LogP contribution in [0.5, 0.6) is 0 Å². The van der Waals surface area contributed by atoms with E-state index in [1.54, 1.807) is 23.4 Å². The van der Waals surface area contributed by atoms with E-state index in [0.29, 0.717) is 38.2 Å². The van der Waals surface area contributed by atoms with E-state index in [9.17, 15) is 9.59 Å². The lowest BCUT2D eigenvalue weighted by Gasteiger charge is -2.30. The fourth-order valence-corrected chi connectivity index (χ4v) is 3.37. The molecule has 8 heteroatoms. The molecule has 1 fully saturated rings. The van der Waals surface area contributed by atoms with Gasteiger partial charge in [0, 0.05) is 43.5 Å². The van der Waals surface area contributed by atoms with E-state index in [2.05, 4.69) is 25.4 Å². The van der Waals surface area contributed by atoms with Crippen molar-refractivity contribution in [3.8, 4) is 11.3 Å². The Hall–Kier alpha value is -2.74. The van der Waals surface area contributed by atoms with Gasteiger partial charge in [-0.3, -0.25) is 19.7 Å². The molecule has 8 nitrogen and oxygen atoms in total. The number of hydrogen-bond donors (Lipinski definition) is 2. The smallest absolute Gasteiger partial charge is 0.274 e. The van der Waals surface area contributed by atoms with Gasteiger partial charge in [-0.1, -0.05) is 0 Å². The van der Waals surface area contributed by atoms with Crippen LogP contribution in [0.3, 0.4) is 0 Å². The van der Waals surface area contributed by atoms with Gasteiger partial charge in [0.25, 0.3) is 5.91 Å². The van der Waals surface area contributed by atoms with E-state index < -0.39 is 0 Å². The first-order valence-corrected chi connectivity index (χ1v) is 9.72. The van der Waals surface area contributed by atoms with E-state index >= 15 is 0 Å². The zero-order chi connectivity index (χ0) is 19.9. The topological polar surface area (TPSA) is 94.2 Å². The van der Waals surface area contributed by atoms with Crippen molar-refractivity contribution >= 4 is 11.8 Å². The summed E-state index contributed by atoms with van der Waals surface area (Å²) in [6.07, 6.45) is 5.72. The van der Waals surface area contributed by atoms with Crippen molar-refractivity contribution in [2.75, 3.05) is 40.3 Å². The minimum absolute atomic E-state index is 0.0185. The van der Waals surface area contributed by atoms with Crippen LogP contribution in [0.2, 0.25) is 0 Å². The van der Waals surface area contributed by atoms with Gasteiger partial charge < -0.3 is 15.1 Å². The molecule has 1 aliphatic heterocycles. The summed E-state index contributed by atoms with van der Waals surface area (Å²) in [5.74, 6) is -0.0121. The van der Waals surface area contributed by atoms with Crippen LogP contribution in [-0.4, -0.2) is 77.1 Å². The number of piperidine rings is 1. The minimum atomic E-state index is -0.0959. The van der Waals surface area contributed by atoms with Gasteiger partial charge in [0.05, 0.1) is 5.69 Å². The van der Waals surface area contributed by atoms with Crippen molar-refractivity contribution in [2.45, 2.75) is 19.3 Å². The molecule has 0 unspecified atom stereocenters. The maximum atomic E-state index is 12.7. The van der Waals surface area contributed by atoms with Crippen molar-refractivity contribution < 1.29 is 9.59 Å². The molecule has 3 heterocycles. The number of carbonyl (C=O) groups excluding carboxylic acids is 2. The van der Waals surface area contributed by atoms with Crippen LogP contribution in [0.1, 0.15) is 29.8 Å². The molecule has 0 saturated carbocycles. The Kier molecular flexibility index (Phi) is 6.76. The average molecular weight is 384 g/mol. The molecular weight excluding hydrogens is 356 g/mol. The van der Waals surface area contributed by atoms with Crippen molar-refractivity contribution in [2.24, 2.45) is 5.92 Å². The number of aromatic amines is 1. The second-order valence-corrected chi connectivity index (χ2v) is 7.42. The monoisotopic (exact) mass is 384 g/mol.